The maximum absolute atomic E-state index is 12.5. The van der Waals surface area contributed by atoms with Gasteiger partial charge in [-0.25, -0.2) is 8.42 Å². The van der Waals surface area contributed by atoms with E-state index in [0.29, 0.717) is 12.8 Å². The van der Waals surface area contributed by atoms with Crippen molar-refractivity contribution in [3.05, 3.63) is 35.4 Å². The van der Waals surface area contributed by atoms with Crippen LogP contribution in [-0.4, -0.2) is 13.7 Å². The fourth-order valence-corrected chi connectivity index (χ4v) is 4.90. The lowest BCUT2D eigenvalue weighted by Gasteiger charge is -2.26. The Balaban J connectivity index is 2.20. The lowest BCUT2D eigenvalue weighted by Crippen LogP contribution is -2.33. The Labute approximate surface area is 115 Å². The molecule has 19 heavy (non-hydrogen) atoms. The second kappa shape index (κ2) is 5.75. The summed E-state index contributed by atoms with van der Waals surface area (Å²) >= 11 is 0. The molecule has 0 heterocycles. The fraction of sp³-hybridized carbons (Fsp3) is 0.533. The third kappa shape index (κ3) is 3.36. The van der Waals surface area contributed by atoms with Crippen molar-refractivity contribution in [1.82, 2.24) is 0 Å². The van der Waals surface area contributed by atoms with Crippen molar-refractivity contribution < 1.29 is 8.42 Å². The molecule has 1 aromatic carbocycles. The Kier molecular flexibility index (Phi) is 4.26. The lowest BCUT2D eigenvalue weighted by molar-refractivity contribution is 0.418. The van der Waals surface area contributed by atoms with Crippen molar-refractivity contribution in [3.63, 3.8) is 0 Å². The van der Waals surface area contributed by atoms with Gasteiger partial charge < -0.3 is 0 Å². The zero-order valence-electron chi connectivity index (χ0n) is 11.2. The van der Waals surface area contributed by atoms with Crippen LogP contribution in [0.25, 0.3) is 0 Å². The molecule has 0 bridgehead atoms. The van der Waals surface area contributed by atoms with Crippen LogP contribution in [0.3, 0.4) is 0 Å². The first kappa shape index (κ1) is 14.1. The topological polar surface area (TPSA) is 57.9 Å². The molecule has 0 N–H and O–H groups in total. The summed E-state index contributed by atoms with van der Waals surface area (Å²) in [4.78, 5) is 0. The van der Waals surface area contributed by atoms with Gasteiger partial charge in [-0.05, 0) is 25.3 Å². The Morgan fingerprint density at radius 3 is 2.74 bits per heavy atom. The summed E-state index contributed by atoms with van der Waals surface area (Å²) in [6, 6.07) is 9.76. The molecule has 2 atom stereocenters. The zero-order chi connectivity index (χ0) is 13.9. The first-order chi connectivity index (χ1) is 9.03. The van der Waals surface area contributed by atoms with Gasteiger partial charge in [0.05, 0.1) is 23.0 Å². The second-order valence-electron chi connectivity index (χ2n) is 5.35. The molecule has 1 aliphatic carbocycles. The maximum Gasteiger partial charge on any atom is 0.158 e. The quantitative estimate of drug-likeness (QED) is 0.853. The molecule has 0 radical (unpaired) electrons. The molecular formula is C15H19NO2S. The molecular weight excluding hydrogens is 258 g/mol. The van der Waals surface area contributed by atoms with Crippen molar-refractivity contribution in [1.29, 1.82) is 5.26 Å². The number of rotatable bonds is 3. The number of hydrogen-bond donors (Lipinski definition) is 0. The Morgan fingerprint density at radius 2 is 2.05 bits per heavy atom. The number of aryl methyl sites for hydroxylation is 1. The summed E-state index contributed by atoms with van der Waals surface area (Å²) in [5.74, 6) is -0.277. The fourth-order valence-electron chi connectivity index (χ4n) is 2.82. The second-order valence-corrected chi connectivity index (χ2v) is 7.57. The van der Waals surface area contributed by atoms with Crippen LogP contribution in [0.4, 0.5) is 0 Å². The van der Waals surface area contributed by atoms with Gasteiger partial charge in [-0.15, -0.1) is 0 Å². The largest absolute Gasteiger partial charge is 0.228 e. The summed E-state index contributed by atoms with van der Waals surface area (Å²) in [5, 5.41) is 8.64. The number of hydrogen-bond acceptors (Lipinski definition) is 3. The van der Waals surface area contributed by atoms with Gasteiger partial charge in [0.25, 0.3) is 0 Å². The summed E-state index contributed by atoms with van der Waals surface area (Å²) in [6.07, 6.45) is 3.23. The first-order valence-corrected chi connectivity index (χ1v) is 8.41. The Morgan fingerprint density at radius 1 is 1.32 bits per heavy atom. The van der Waals surface area contributed by atoms with Crippen LogP contribution in [0.5, 0.6) is 0 Å². The molecule has 1 saturated carbocycles. The predicted molar refractivity (Wildman–Crippen MR) is 75.2 cm³/mol. The molecule has 1 aromatic rings. The summed E-state index contributed by atoms with van der Waals surface area (Å²) in [7, 11) is -3.24. The van der Waals surface area contributed by atoms with Crippen molar-refractivity contribution in [2.24, 2.45) is 5.92 Å². The number of nitrogens with zero attached hydrogens (tertiary/aromatic N) is 1. The van der Waals surface area contributed by atoms with Crippen LogP contribution in [0.1, 0.15) is 36.8 Å². The summed E-state index contributed by atoms with van der Waals surface area (Å²) in [5.41, 5.74) is 1.88. The van der Waals surface area contributed by atoms with Gasteiger partial charge >= 0.3 is 0 Å². The average Bonchev–Trinajstić information content (AvgIpc) is 2.38. The van der Waals surface area contributed by atoms with E-state index in [2.05, 4.69) is 6.07 Å². The third-order valence-electron chi connectivity index (χ3n) is 3.78. The molecule has 0 spiro atoms. The summed E-state index contributed by atoms with van der Waals surface area (Å²) < 4.78 is 25.0. The minimum Gasteiger partial charge on any atom is -0.228 e. The van der Waals surface area contributed by atoms with Crippen molar-refractivity contribution in [2.75, 3.05) is 0 Å². The van der Waals surface area contributed by atoms with Gasteiger partial charge in [0, 0.05) is 0 Å². The van der Waals surface area contributed by atoms with Gasteiger partial charge in [-0.2, -0.15) is 5.26 Å². The SMILES string of the molecule is Cc1cccc(CS(=O)(=O)C2CCCCC2C#N)c1. The van der Waals surface area contributed by atoms with Gasteiger partial charge in [-0.1, -0.05) is 42.7 Å². The van der Waals surface area contributed by atoms with E-state index in [1.807, 2.05) is 31.2 Å². The highest BCUT2D eigenvalue weighted by atomic mass is 32.2. The number of nitriles is 1. The predicted octanol–water partition coefficient (Wildman–Crippen LogP) is 2.99. The van der Waals surface area contributed by atoms with Crippen molar-refractivity contribution in [3.8, 4) is 6.07 Å². The van der Waals surface area contributed by atoms with Crippen LogP contribution in [0.2, 0.25) is 0 Å². The Bertz CT molecular complexity index is 586. The zero-order valence-corrected chi connectivity index (χ0v) is 12.0. The summed E-state index contributed by atoms with van der Waals surface area (Å²) in [6.45, 7) is 1.95. The van der Waals surface area contributed by atoms with E-state index < -0.39 is 15.1 Å². The molecule has 1 fully saturated rings. The van der Waals surface area contributed by atoms with Gasteiger partial charge in [0.1, 0.15) is 0 Å². The lowest BCUT2D eigenvalue weighted by atomic mass is 9.90. The van der Waals surface area contributed by atoms with Crippen molar-refractivity contribution in [2.45, 2.75) is 43.6 Å². The molecule has 102 valence electrons. The molecule has 0 aliphatic heterocycles. The monoisotopic (exact) mass is 277 g/mol. The number of benzene rings is 1. The molecule has 1 aliphatic rings. The van der Waals surface area contributed by atoms with Crippen LogP contribution in [0.15, 0.2) is 24.3 Å². The van der Waals surface area contributed by atoms with E-state index in [9.17, 15) is 8.42 Å². The number of sulfone groups is 1. The van der Waals surface area contributed by atoms with E-state index in [4.69, 9.17) is 5.26 Å². The minimum atomic E-state index is -3.24. The third-order valence-corrected chi connectivity index (χ3v) is 6.00. The molecule has 2 rings (SSSR count). The molecule has 3 nitrogen and oxygen atoms in total. The van der Waals surface area contributed by atoms with Gasteiger partial charge in [-0.3, -0.25) is 0 Å². The normalized spacial score (nSPS) is 23.8. The molecule has 0 aromatic heterocycles. The van der Waals surface area contributed by atoms with Crippen LogP contribution >= 0.6 is 0 Å². The molecule has 0 saturated heterocycles. The highest BCUT2D eigenvalue weighted by Gasteiger charge is 2.35. The van der Waals surface area contributed by atoms with E-state index in [1.165, 1.54) is 0 Å². The van der Waals surface area contributed by atoms with Gasteiger partial charge in [0.2, 0.25) is 0 Å². The van der Waals surface area contributed by atoms with Crippen LogP contribution < -0.4 is 0 Å². The molecule has 2 unspecified atom stereocenters. The minimum absolute atomic E-state index is 0.0531. The highest BCUT2D eigenvalue weighted by Crippen LogP contribution is 2.31. The van der Waals surface area contributed by atoms with E-state index in [1.54, 1.807) is 0 Å². The van der Waals surface area contributed by atoms with Gasteiger partial charge in [0.15, 0.2) is 9.84 Å². The van der Waals surface area contributed by atoms with Crippen molar-refractivity contribution >= 4 is 9.84 Å². The average molecular weight is 277 g/mol. The standard InChI is InChI=1S/C15H19NO2S/c1-12-5-4-6-13(9-12)11-19(17,18)15-8-3-2-7-14(15)10-16/h4-6,9,14-15H,2-3,7-8,11H2,1H3. The van der Waals surface area contributed by atoms with E-state index in [-0.39, 0.29) is 11.7 Å². The first-order valence-electron chi connectivity index (χ1n) is 6.69. The molecule has 0 amide bonds. The molecule has 4 heteroatoms. The smallest absolute Gasteiger partial charge is 0.158 e. The van der Waals surface area contributed by atoms with Crippen LogP contribution in [0, 0.1) is 24.2 Å². The van der Waals surface area contributed by atoms with E-state index >= 15 is 0 Å². The maximum atomic E-state index is 12.5. The Hall–Kier alpha value is -1.34. The highest BCUT2D eigenvalue weighted by molar-refractivity contribution is 7.91. The van der Waals surface area contributed by atoms with E-state index in [0.717, 1.165) is 24.0 Å². The van der Waals surface area contributed by atoms with Crippen LogP contribution in [-0.2, 0) is 15.6 Å².